The van der Waals surface area contributed by atoms with Crippen LogP contribution in [0.5, 0.6) is 0 Å². The molecule has 6 nitrogen and oxygen atoms in total. The second-order valence-electron chi connectivity index (χ2n) is 7.66. The number of anilines is 1. The van der Waals surface area contributed by atoms with Crippen molar-refractivity contribution in [2.75, 3.05) is 31.1 Å². The van der Waals surface area contributed by atoms with E-state index in [1.807, 2.05) is 6.92 Å². The largest absolute Gasteiger partial charge is 0.354 e. The molecule has 2 aromatic rings. The first kappa shape index (κ1) is 21.6. The van der Waals surface area contributed by atoms with E-state index in [4.69, 9.17) is 4.98 Å². The smallest absolute Gasteiger partial charge is 0.216 e. The number of aryl methyl sites for hydroxylation is 2. The lowest BCUT2D eigenvalue weighted by molar-refractivity contribution is 0.379. The van der Waals surface area contributed by atoms with Crippen molar-refractivity contribution in [1.82, 2.24) is 14.3 Å². The average Bonchev–Trinajstić information content (AvgIpc) is 2.70. The van der Waals surface area contributed by atoms with Crippen molar-refractivity contribution in [2.24, 2.45) is 0 Å². The zero-order valence-corrected chi connectivity index (χ0v) is 18.3. The Morgan fingerprint density at radius 1 is 1.07 bits per heavy atom. The summed E-state index contributed by atoms with van der Waals surface area (Å²) in [6.45, 7) is 9.43. The predicted molar refractivity (Wildman–Crippen MR) is 113 cm³/mol. The molecule has 1 aliphatic rings. The number of nitrogens with zero attached hydrogens (tertiary/aromatic N) is 4. The molecule has 3 rings (SSSR count). The third kappa shape index (κ3) is 4.75. The Morgan fingerprint density at radius 2 is 1.69 bits per heavy atom. The molecule has 1 saturated heterocycles. The van der Waals surface area contributed by atoms with E-state index in [1.165, 1.54) is 12.1 Å². The van der Waals surface area contributed by atoms with Crippen molar-refractivity contribution in [3.05, 3.63) is 52.7 Å². The van der Waals surface area contributed by atoms with Crippen LogP contribution in [0, 0.1) is 12.7 Å². The minimum absolute atomic E-state index is 0.257. The molecule has 1 aromatic heterocycles. The first-order valence-corrected chi connectivity index (χ1v) is 11.6. The number of piperazine rings is 1. The molecule has 0 spiro atoms. The number of hydrogen-bond acceptors (Lipinski definition) is 5. The summed E-state index contributed by atoms with van der Waals surface area (Å²) in [6, 6.07) is 6.49. The van der Waals surface area contributed by atoms with Gasteiger partial charge >= 0.3 is 0 Å². The molecule has 0 amide bonds. The van der Waals surface area contributed by atoms with Gasteiger partial charge in [-0.1, -0.05) is 19.1 Å². The number of sulfonamides is 1. The summed E-state index contributed by atoms with van der Waals surface area (Å²) in [7, 11) is -3.25. The van der Waals surface area contributed by atoms with Crippen molar-refractivity contribution in [2.45, 2.75) is 45.8 Å². The quantitative estimate of drug-likeness (QED) is 0.719. The van der Waals surface area contributed by atoms with Crippen molar-refractivity contribution >= 4 is 15.8 Å². The SMILES string of the molecule is CCc1nc(C)nc(N2CCN(S(=O)(=O)C(C)C)CC2)c1Cc1ccc(F)cc1. The van der Waals surface area contributed by atoms with E-state index in [2.05, 4.69) is 16.8 Å². The summed E-state index contributed by atoms with van der Waals surface area (Å²) in [4.78, 5) is 11.5. The molecular formula is C21H29FN4O2S. The van der Waals surface area contributed by atoms with E-state index in [1.54, 1.807) is 30.3 Å². The molecule has 1 fully saturated rings. The first-order chi connectivity index (χ1) is 13.7. The average molecular weight is 421 g/mol. The number of rotatable bonds is 6. The molecule has 0 saturated carbocycles. The second kappa shape index (κ2) is 8.75. The molecule has 0 radical (unpaired) electrons. The molecule has 1 aromatic carbocycles. The Kier molecular flexibility index (Phi) is 6.53. The normalized spacial score (nSPS) is 15.9. The third-order valence-electron chi connectivity index (χ3n) is 5.31. The molecule has 0 unspecified atom stereocenters. The zero-order chi connectivity index (χ0) is 21.2. The van der Waals surface area contributed by atoms with Crippen LogP contribution in [0.4, 0.5) is 10.2 Å². The Labute approximate surface area is 172 Å². The Balaban J connectivity index is 1.89. The number of hydrogen-bond donors (Lipinski definition) is 0. The van der Waals surface area contributed by atoms with Crippen LogP contribution < -0.4 is 4.90 Å². The van der Waals surface area contributed by atoms with E-state index in [0.29, 0.717) is 38.4 Å². The third-order valence-corrected chi connectivity index (χ3v) is 7.58. The van der Waals surface area contributed by atoms with Crippen molar-refractivity contribution < 1.29 is 12.8 Å². The van der Waals surface area contributed by atoms with Crippen LogP contribution >= 0.6 is 0 Å². The molecular weight excluding hydrogens is 391 g/mol. The molecule has 0 aliphatic carbocycles. The van der Waals surface area contributed by atoms with Crippen LogP contribution in [0.2, 0.25) is 0 Å². The van der Waals surface area contributed by atoms with Gasteiger partial charge < -0.3 is 4.90 Å². The van der Waals surface area contributed by atoms with Gasteiger partial charge in [0.1, 0.15) is 17.5 Å². The molecule has 0 atom stereocenters. The summed E-state index contributed by atoms with van der Waals surface area (Å²) in [5.41, 5.74) is 3.01. The maximum atomic E-state index is 13.3. The number of aromatic nitrogens is 2. The maximum Gasteiger partial charge on any atom is 0.216 e. The molecule has 1 aliphatic heterocycles. The highest BCUT2D eigenvalue weighted by Gasteiger charge is 2.30. The molecule has 0 bridgehead atoms. The van der Waals surface area contributed by atoms with Crippen LogP contribution in [0.3, 0.4) is 0 Å². The van der Waals surface area contributed by atoms with Crippen LogP contribution in [0.1, 0.15) is 43.4 Å². The maximum absolute atomic E-state index is 13.3. The molecule has 2 heterocycles. The van der Waals surface area contributed by atoms with Gasteiger partial charge in [-0.3, -0.25) is 0 Å². The van der Waals surface area contributed by atoms with Gasteiger partial charge in [0.05, 0.1) is 5.25 Å². The van der Waals surface area contributed by atoms with Crippen LogP contribution in [-0.4, -0.2) is 54.1 Å². The number of halogens is 1. The minimum atomic E-state index is -3.25. The fourth-order valence-corrected chi connectivity index (χ4v) is 4.90. The summed E-state index contributed by atoms with van der Waals surface area (Å²) < 4.78 is 39.8. The van der Waals surface area contributed by atoms with E-state index in [-0.39, 0.29) is 5.82 Å². The predicted octanol–water partition coefficient (Wildman–Crippen LogP) is 2.94. The Hall–Kier alpha value is -2.06. The molecule has 8 heteroatoms. The Morgan fingerprint density at radius 3 is 2.24 bits per heavy atom. The highest BCUT2D eigenvalue weighted by Crippen LogP contribution is 2.26. The van der Waals surface area contributed by atoms with E-state index >= 15 is 0 Å². The van der Waals surface area contributed by atoms with Gasteiger partial charge in [-0.2, -0.15) is 4.31 Å². The van der Waals surface area contributed by atoms with Crippen molar-refractivity contribution in [3.8, 4) is 0 Å². The highest BCUT2D eigenvalue weighted by atomic mass is 32.2. The topological polar surface area (TPSA) is 66.4 Å². The molecule has 158 valence electrons. The van der Waals surface area contributed by atoms with Gasteiger partial charge in [-0.15, -0.1) is 0 Å². The van der Waals surface area contributed by atoms with E-state index < -0.39 is 15.3 Å². The second-order valence-corrected chi connectivity index (χ2v) is 10.1. The minimum Gasteiger partial charge on any atom is -0.354 e. The summed E-state index contributed by atoms with van der Waals surface area (Å²) >= 11 is 0. The number of benzene rings is 1. The fraction of sp³-hybridized carbons (Fsp3) is 0.524. The lowest BCUT2D eigenvalue weighted by Crippen LogP contribution is -2.51. The van der Waals surface area contributed by atoms with E-state index in [9.17, 15) is 12.8 Å². The van der Waals surface area contributed by atoms with E-state index in [0.717, 1.165) is 29.1 Å². The fourth-order valence-electron chi connectivity index (χ4n) is 3.63. The van der Waals surface area contributed by atoms with Crippen LogP contribution in [0.25, 0.3) is 0 Å². The summed E-state index contributed by atoms with van der Waals surface area (Å²) in [5, 5.41) is -0.420. The lowest BCUT2D eigenvalue weighted by atomic mass is 10.0. The van der Waals surface area contributed by atoms with Gasteiger partial charge in [-0.25, -0.2) is 22.8 Å². The van der Waals surface area contributed by atoms with Crippen LogP contribution in [-0.2, 0) is 22.9 Å². The first-order valence-electron chi connectivity index (χ1n) is 10.1. The lowest BCUT2D eigenvalue weighted by Gasteiger charge is -2.36. The van der Waals surface area contributed by atoms with Crippen LogP contribution in [0.15, 0.2) is 24.3 Å². The Bertz CT molecular complexity index is 953. The van der Waals surface area contributed by atoms with Gasteiger partial charge in [0.25, 0.3) is 0 Å². The van der Waals surface area contributed by atoms with Gasteiger partial charge in [0.15, 0.2) is 0 Å². The molecule has 29 heavy (non-hydrogen) atoms. The zero-order valence-electron chi connectivity index (χ0n) is 17.5. The monoisotopic (exact) mass is 420 g/mol. The standard InChI is InChI=1S/C21H29FN4O2S/c1-5-20-19(14-17-6-8-18(22)9-7-17)21(24-16(4)23-20)25-10-12-26(13-11-25)29(27,28)15(2)3/h6-9,15H,5,10-14H2,1-4H3. The summed E-state index contributed by atoms with van der Waals surface area (Å²) in [6.07, 6.45) is 1.39. The van der Waals surface area contributed by atoms with Gasteiger partial charge in [0.2, 0.25) is 10.0 Å². The van der Waals surface area contributed by atoms with Gasteiger partial charge in [0, 0.05) is 43.9 Å². The van der Waals surface area contributed by atoms with Crippen molar-refractivity contribution in [1.29, 1.82) is 0 Å². The summed E-state index contributed by atoms with van der Waals surface area (Å²) in [5.74, 6) is 1.31. The van der Waals surface area contributed by atoms with Crippen molar-refractivity contribution in [3.63, 3.8) is 0 Å². The molecule has 0 N–H and O–H groups in total. The van der Waals surface area contributed by atoms with Gasteiger partial charge in [-0.05, 0) is 44.9 Å². The highest BCUT2D eigenvalue weighted by molar-refractivity contribution is 7.89.